The van der Waals surface area contributed by atoms with E-state index in [1.807, 2.05) is 31.2 Å². The minimum Gasteiger partial charge on any atom is -0.463 e. The Morgan fingerprint density at radius 2 is 2.05 bits per heavy atom. The van der Waals surface area contributed by atoms with Gasteiger partial charge in [0.05, 0.1) is 20.0 Å². The van der Waals surface area contributed by atoms with Gasteiger partial charge in [0, 0.05) is 30.0 Å². The summed E-state index contributed by atoms with van der Waals surface area (Å²) in [4.78, 5) is 11.6. The molecule has 0 amide bonds. The Kier molecular flexibility index (Phi) is 5.40. The van der Waals surface area contributed by atoms with Crippen molar-refractivity contribution in [1.29, 1.82) is 0 Å². The van der Waals surface area contributed by atoms with Crippen molar-refractivity contribution < 1.29 is 18.7 Å². The second-order valence-electron chi connectivity index (χ2n) is 4.41. The molecule has 0 unspecified atom stereocenters. The Hall–Kier alpha value is -2.27. The first-order valence-electron chi connectivity index (χ1n) is 6.80. The van der Waals surface area contributed by atoms with Crippen LogP contribution < -0.4 is 5.32 Å². The predicted molar refractivity (Wildman–Crippen MR) is 79.1 cm³/mol. The Bertz CT molecular complexity index is 591. The third-order valence-corrected chi connectivity index (χ3v) is 3.07. The molecule has 0 bridgehead atoms. The largest absolute Gasteiger partial charge is 0.463 e. The van der Waals surface area contributed by atoms with Crippen molar-refractivity contribution in [2.75, 3.05) is 19.0 Å². The number of carbonyl (C=O) groups excluding carboxylic acids is 1. The number of methoxy groups -OCH3 is 1. The highest BCUT2D eigenvalue weighted by atomic mass is 16.5. The Morgan fingerprint density at radius 3 is 2.81 bits per heavy atom. The molecule has 0 saturated heterocycles. The van der Waals surface area contributed by atoms with Crippen LogP contribution in [0.25, 0.3) is 0 Å². The number of ether oxygens (including phenoxy) is 2. The van der Waals surface area contributed by atoms with Gasteiger partial charge in [-0.15, -0.1) is 0 Å². The Morgan fingerprint density at radius 1 is 1.24 bits per heavy atom. The number of furan rings is 1. The van der Waals surface area contributed by atoms with Gasteiger partial charge in [0.25, 0.3) is 0 Å². The van der Waals surface area contributed by atoms with E-state index in [1.54, 1.807) is 6.07 Å². The molecule has 112 valence electrons. The second kappa shape index (κ2) is 7.50. The fraction of sp³-hybridized carbons (Fsp3) is 0.312. The van der Waals surface area contributed by atoms with Crippen LogP contribution in [-0.4, -0.2) is 19.7 Å². The SMILES string of the molecule is CCOCc1ccccc1NCc1ccoc1C(=O)OC. The van der Waals surface area contributed by atoms with E-state index < -0.39 is 5.97 Å². The molecule has 0 aliphatic rings. The minimum absolute atomic E-state index is 0.229. The summed E-state index contributed by atoms with van der Waals surface area (Å²) in [5.74, 6) is -0.244. The van der Waals surface area contributed by atoms with E-state index in [4.69, 9.17) is 9.15 Å². The van der Waals surface area contributed by atoms with Gasteiger partial charge >= 0.3 is 5.97 Å². The van der Waals surface area contributed by atoms with Crippen LogP contribution >= 0.6 is 0 Å². The summed E-state index contributed by atoms with van der Waals surface area (Å²) in [5.41, 5.74) is 2.80. The molecular weight excluding hydrogens is 270 g/mol. The van der Waals surface area contributed by atoms with Crippen molar-refractivity contribution >= 4 is 11.7 Å². The summed E-state index contributed by atoms with van der Waals surface area (Å²) in [6, 6.07) is 9.66. The van der Waals surface area contributed by atoms with Crippen molar-refractivity contribution in [2.45, 2.75) is 20.1 Å². The third-order valence-electron chi connectivity index (χ3n) is 3.07. The van der Waals surface area contributed by atoms with Gasteiger partial charge in [-0.3, -0.25) is 0 Å². The van der Waals surface area contributed by atoms with Crippen LogP contribution in [-0.2, 0) is 22.6 Å². The van der Waals surface area contributed by atoms with Crippen LogP contribution in [0.5, 0.6) is 0 Å². The number of esters is 1. The smallest absolute Gasteiger partial charge is 0.374 e. The molecule has 1 aromatic heterocycles. The van der Waals surface area contributed by atoms with Crippen LogP contribution in [0.1, 0.15) is 28.6 Å². The fourth-order valence-corrected chi connectivity index (χ4v) is 1.97. The molecule has 0 aliphatic heterocycles. The molecule has 1 aromatic carbocycles. The summed E-state index contributed by atoms with van der Waals surface area (Å²) >= 11 is 0. The summed E-state index contributed by atoms with van der Waals surface area (Å²) in [7, 11) is 1.33. The minimum atomic E-state index is -0.473. The van der Waals surface area contributed by atoms with Crippen molar-refractivity contribution in [3.05, 3.63) is 53.5 Å². The highest BCUT2D eigenvalue weighted by Gasteiger charge is 2.15. The van der Waals surface area contributed by atoms with Gasteiger partial charge in [-0.1, -0.05) is 18.2 Å². The molecule has 0 radical (unpaired) electrons. The van der Waals surface area contributed by atoms with Gasteiger partial charge in [-0.25, -0.2) is 4.79 Å². The lowest BCUT2D eigenvalue weighted by molar-refractivity contribution is 0.0563. The maximum atomic E-state index is 11.6. The Balaban J connectivity index is 2.06. The molecule has 0 saturated carbocycles. The second-order valence-corrected chi connectivity index (χ2v) is 4.41. The van der Waals surface area contributed by atoms with Crippen molar-refractivity contribution in [3.8, 4) is 0 Å². The number of hydrogen-bond acceptors (Lipinski definition) is 5. The first-order chi connectivity index (χ1) is 10.3. The molecule has 0 spiro atoms. The van der Waals surface area contributed by atoms with Gasteiger partial charge in [0.2, 0.25) is 5.76 Å². The number of nitrogens with one attached hydrogen (secondary N) is 1. The standard InChI is InChI=1S/C16H19NO4/c1-3-20-11-13-6-4-5-7-14(13)17-10-12-8-9-21-15(12)16(18)19-2/h4-9,17H,3,10-11H2,1-2H3. The average Bonchev–Trinajstić information content (AvgIpc) is 2.99. The normalized spacial score (nSPS) is 10.4. The molecule has 5 nitrogen and oxygen atoms in total. The number of rotatable bonds is 7. The quantitative estimate of drug-likeness (QED) is 0.793. The van der Waals surface area contributed by atoms with Crippen molar-refractivity contribution in [1.82, 2.24) is 0 Å². The average molecular weight is 289 g/mol. The molecule has 0 atom stereocenters. The molecule has 0 fully saturated rings. The monoisotopic (exact) mass is 289 g/mol. The number of anilines is 1. The lowest BCUT2D eigenvalue weighted by atomic mass is 10.1. The topological polar surface area (TPSA) is 60.7 Å². The fourth-order valence-electron chi connectivity index (χ4n) is 1.97. The molecule has 1 heterocycles. The maximum Gasteiger partial charge on any atom is 0.374 e. The molecular formula is C16H19NO4. The molecule has 0 aliphatic carbocycles. The van der Waals surface area contributed by atoms with E-state index in [2.05, 4.69) is 10.1 Å². The molecule has 2 rings (SSSR count). The first-order valence-corrected chi connectivity index (χ1v) is 6.80. The van der Waals surface area contributed by atoms with Crippen LogP contribution in [0.3, 0.4) is 0 Å². The van der Waals surface area contributed by atoms with Gasteiger partial charge in [-0.2, -0.15) is 0 Å². The van der Waals surface area contributed by atoms with Crippen molar-refractivity contribution in [2.24, 2.45) is 0 Å². The molecule has 21 heavy (non-hydrogen) atoms. The van der Waals surface area contributed by atoms with E-state index in [9.17, 15) is 4.79 Å². The Labute approximate surface area is 123 Å². The van der Waals surface area contributed by atoms with E-state index in [-0.39, 0.29) is 5.76 Å². The van der Waals surface area contributed by atoms with Gasteiger partial charge in [0.1, 0.15) is 0 Å². The first kappa shape index (κ1) is 15.1. The lowest BCUT2D eigenvalue weighted by Gasteiger charge is -2.11. The number of para-hydroxylation sites is 1. The summed E-state index contributed by atoms with van der Waals surface area (Å²) < 4.78 is 15.3. The van der Waals surface area contributed by atoms with E-state index >= 15 is 0 Å². The lowest BCUT2D eigenvalue weighted by Crippen LogP contribution is -2.08. The van der Waals surface area contributed by atoms with E-state index in [1.165, 1.54) is 13.4 Å². The van der Waals surface area contributed by atoms with Crippen LogP contribution in [0, 0.1) is 0 Å². The predicted octanol–water partition coefficient (Wildman–Crippen LogP) is 3.21. The van der Waals surface area contributed by atoms with Crippen LogP contribution in [0.15, 0.2) is 41.0 Å². The zero-order valence-corrected chi connectivity index (χ0v) is 12.2. The third kappa shape index (κ3) is 3.86. The van der Waals surface area contributed by atoms with E-state index in [0.29, 0.717) is 19.8 Å². The van der Waals surface area contributed by atoms with Crippen molar-refractivity contribution in [3.63, 3.8) is 0 Å². The zero-order chi connectivity index (χ0) is 15.1. The van der Waals surface area contributed by atoms with Crippen LogP contribution in [0.4, 0.5) is 5.69 Å². The molecule has 1 N–H and O–H groups in total. The maximum absolute atomic E-state index is 11.6. The number of hydrogen-bond donors (Lipinski definition) is 1. The highest BCUT2D eigenvalue weighted by Crippen LogP contribution is 2.19. The number of carbonyl (C=O) groups is 1. The van der Waals surface area contributed by atoms with Gasteiger partial charge < -0.3 is 19.2 Å². The molecule has 5 heteroatoms. The summed E-state index contributed by atoms with van der Waals surface area (Å²) in [6.45, 7) is 3.66. The van der Waals surface area contributed by atoms with Gasteiger partial charge in [-0.05, 0) is 19.1 Å². The summed E-state index contributed by atoms with van der Waals surface area (Å²) in [6.07, 6.45) is 1.48. The van der Waals surface area contributed by atoms with E-state index in [0.717, 1.165) is 16.8 Å². The zero-order valence-electron chi connectivity index (χ0n) is 12.2. The van der Waals surface area contributed by atoms with Crippen LogP contribution in [0.2, 0.25) is 0 Å². The number of benzene rings is 1. The molecule has 2 aromatic rings. The van der Waals surface area contributed by atoms with Gasteiger partial charge in [0.15, 0.2) is 0 Å². The highest BCUT2D eigenvalue weighted by molar-refractivity contribution is 5.87. The summed E-state index contributed by atoms with van der Waals surface area (Å²) in [5, 5.41) is 3.30.